The molecule has 0 bridgehead atoms. The van der Waals surface area contributed by atoms with Crippen molar-refractivity contribution in [3.05, 3.63) is 64.2 Å². The van der Waals surface area contributed by atoms with E-state index in [4.69, 9.17) is 0 Å². The van der Waals surface area contributed by atoms with Gasteiger partial charge in [0.05, 0.1) is 16.8 Å². The molecule has 1 N–H and O–H groups in total. The fourth-order valence-electron chi connectivity index (χ4n) is 3.85. The van der Waals surface area contributed by atoms with E-state index in [0.29, 0.717) is 35.5 Å². The number of benzene rings is 2. The predicted octanol–water partition coefficient (Wildman–Crippen LogP) is 2.54. The number of fused-ring (bicyclic) bond motifs is 1. The van der Waals surface area contributed by atoms with Gasteiger partial charge in [0.1, 0.15) is 0 Å². The Kier molecular flexibility index (Phi) is 4.51. The smallest absolute Gasteiger partial charge is 0.266 e. The molecule has 1 saturated heterocycles. The first-order chi connectivity index (χ1) is 13.4. The summed E-state index contributed by atoms with van der Waals surface area (Å²) < 4.78 is 0. The Balaban J connectivity index is 1.68. The van der Waals surface area contributed by atoms with Crippen molar-refractivity contribution >= 4 is 23.4 Å². The average molecular weight is 377 g/mol. The lowest BCUT2D eigenvalue weighted by Crippen LogP contribution is -2.51. The number of aryl methyl sites for hydroxylation is 2. The van der Waals surface area contributed by atoms with Crippen LogP contribution >= 0.6 is 0 Å². The molecule has 3 amide bonds. The summed E-state index contributed by atoms with van der Waals surface area (Å²) >= 11 is 0. The van der Waals surface area contributed by atoms with Gasteiger partial charge in [0.2, 0.25) is 0 Å². The zero-order valence-corrected chi connectivity index (χ0v) is 16.3. The van der Waals surface area contributed by atoms with Crippen molar-refractivity contribution < 1.29 is 14.4 Å². The zero-order chi connectivity index (χ0) is 20.0. The standard InChI is InChI=1S/C22H23N3O3/c1-13-4-5-14(2)19(10-13)25-21(27)17-7-6-16(11-18(17)22(25)28)20(26)24-9-8-23-15(3)12-24/h4-7,10-11,15,23H,8-9,12H2,1-3H3. The molecule has 1 atom stereocenters. The lowest BCUT2D eigenvalue weighted by molar-refractivity contribution is 0.0708. The van der Waals surface area contributed by atoms with Crippen molar-refractivity contribution in [2.24, 2.45) is 0 Å². The van der Waals surface area contributed by atoms with Gasteiger partial charge in [-0.3, -0.25) is 14.4 Å². The van der Waals surface area contributed by atoms with Crippen molar-refractivity contribution in [2.45, 2.75) is 26.8 Å². The first-order valence-corrected chi connectivity index (χ1v) is 9.49. The average Bonchev–Trinajstić information content (AvgIpc) is 2.93. The van der Waals surface area contributed by atoms with Gasteiger partial charge in [0.25, 0.3) is 17.7 Å². The van der Waals surface area contributed by atoms with Gasteiger partial charge < -0.3 is 10.2 Å². The molecule has 2 aliphatic rings. The molecular formula is C22H23N3O3. The van der Waals surface area contributed by atoms with E-state index in [1.54, 1.807) is 23.1 Å². The van der Waals surface area contributed by atoms with Crippen LogP contribution in [0.5, 0.6) is 0 Å². The van der Waals surface area contributed by atoms with Crippen LogP contribution < -0.4 is 10.2 Å². The summed E-state index contributed by atoms with van der Waals surface area (Å²) in [5, 5.41) is 3.31. The van der Waals surface area contributed by atoms with Crippen molar-refractivity contribution in [2.75, 3.05) is 24.5 Å². The minimum atomic E-state index is -0.378. The van der Waals surface area contributed by atoms with E-state index in [1.807, 2.05) is 39.0 Å². The summed E-state index contributed by atoms with van der Waals surface area (Å²) in [6.07, 6.45) is 0. The molecule has 6 nitrogen and oxygen atoms in total. The molecule has 2 heterocycles. The van der Waals surface area contributed by atoms with E-state index in [9.17, 15) is 14.4 Å². The largest absolute Gasteiger partial charge is 0.336 e. The number of carbonyl (C=O) groups excluding carboxylic acids is 3. The van der Waals surface area contributed by atoms with Crippen LogP contribution in [0.25, 0.3) is 0 Å². The molecule has 2 aliphatic heterocycles. The van der Waals surface area contributed by atoms with Crippen molar-refractivity contribution in [3.63, 3.8) is 0 Å². The van der Waals surface area contributed by atoms with Crippen LogP contribution in [0.2, 0.25) is 0 Å². The normalized spacial score (nSPS) is 19.2. The number of piperazine rings is 1. The van der Waals surface area contributed by atoms with E-state index in [2.05, 4.69) is 5.32 Å². The molecule has 1 unspecified atom stereocenters. The van der Waals surface area contributed by atoms with Gasteiger partial charge in [0.15, 0.2) is 0 Å². The zero-order valence-electron chi connectivity index (χ0n) is 16.3. The molecule has 0 radical (unpaired) electrons. The maximum absolute atomic E-state index is 13.0. The first kappa shape index (κ1) is 18.4. The highest BCUT2D eigenvalue weighted by molar-refractivity contribution is 6.35. The molecule has 2 aromatic rings. The SMILES string of the molecule is Cc1ccc(C)c(N2C(=O)c3ccc(C(=O)N4CCNC(C)C4)cc3C2=O)c1. The molecular weight excluding hydrogens is 354 g/mol. The molecule has 1 fully saturated rings. The summed E-state index contributed by atoms with van der Waals surface area (Å²) in [7, 11) is 0. The van der Waals surface area contributed by atoms with E-state index < -0.39 is 0 Å². The molecule has 6 heteroatoms. The maximum atomic E-state index is 13.0. The Labute approximate surface area is 164 Å². The lowest BCUT2D eigenvalue weighted by atomic mass is 10.0. The third-order valence-electron chi connectivity index (χ3n) is 5.40. The number of rotatable bonds is 2. The summed E-state index contributed by atoms with van der Waals surface area (Å²) in [5.74, 6) is -0.831. The summed E-state index contributed by atoms with van der Waals surface area (Å²) in [5.41, 5.74) is 3.50. The second-order valence-corrected chi connectivity index (χ2v) is 7.60. The van der Waals surface area contributed by atoms with Gasteiger partial charge in [0, 0.05) is 31.2 Å². The lowest BCUT2D eigenvalue weighted by Gasteiger charge is -2.32. The highest BCUT2D eigenvalue weighted by atomic mass is 16.2. The quantitative estimate of drug-likeness (QED) is 0.817. The predicted molar refractivity (Wildman–Crippen MR) is 107 cm³/mol. The highest BCUT2D eigenvalue weighted by Gasteiger charge is 2.38. The number of carbonyl (C=O) groups is 3. The van der Waals surface area contributed by atoms with Crippen molar-refractivity contribution in [3.8, 4) is 0 Å². The topological polar surface area (TPSA) is 69.7 Å². The fourth-order valence-corrected chi connectivity index (χ4v) is 3.85. The third-order valence-corrected chi connectivity index (χ3v) is 5.40. The van der Waals surface area contributed by atoms with E-state index in [-0.39, 0.29) is 23.8 Å². The van der Waals surface area contributed by atoms with Gasteiger partial charge in [-0.15, -0.1) is 0 Å². The Morgan fingerprint density at radius 2 is 1.79 bits per heavy atom. The van der Waals surface area contributed by atoms with Gasteiger partial charge in [-0.1, -0.05) is 12.1 Å². The number of nitrogens with one attached hydrogen (secondary N) is 1. The van der Waals surface area contributed by atoms with Gasteiger partial charge in [-0.25, -0.2) is 4.90 Å². The van der Waals surface area contributed by atoms with E-state index >= 15 is 0 Å². The molecule has 0 spiro atoms. The summed E-state index contributed by atoms with van der Waals surface area (Å²) in [4.78, 5) is 41.8. The number of anilines is 1. The number of amides is 3. The van der Waals surface area contributed by atoms with Crippen LogP contribution in [0.3, 0.4) is 0 Å². The summed E-state index contributed by atoms with van der Waals surface area (Å²) in [6.45, 7) is 7.83. The van der Waals surface area contributed by atoms with Crippen LogP contribution in [0.4, 0.5) is 5.69 Å². The minimum Gasteiger partial charge on any atom is -0.336 e. The minimum absolute atomic E-state index is 0.110. The van der Waals surface area contributed by atoms with E-state index in [1.165, 1.54) is 4.90 Å². The molecule has 0 saturated carbocycles. The molecule has 144 valence electrons. The van der Waals surface area contributed by atoms with Crippen LogP contribution in [-0.2, 0) is 0 Å². The first-order valence-electron chi connectivity index (χ1n) is 9.49. The molecule has 28 heavy (non-hydrogen) atoms. The Hall–Kier alpha value is -2.99. The fraction of sp³-hybridized carbons (Fsp3) is 0.318. The highest BCUT2D eigenvalue weighted by Crippen LogP contribution is 2.32. The van der Waals surface area contributed by atoms with E-state index in [0.717, 1.165) is 17.7 Å². The van der Waals surface area contributed by atoms with Gasteiger partial charge in [-0.2, -0.15) is 0 Å². The molecule has 4 rings (SSSR count). The van der Waals surface area contributed by atoms with Crippen LogP contribution in [-0.4, -0.2) is 48.3 Å². The number of hydrogen-bond donors (Lipinski definition) is 1. The van der Waals surface area contributed by atoms with Gasteiger partial charge in [-0.05, 0) is 56.2 Å². The van der Waals surface area contributed by atoms with Crippen LogP contribution in [0, 0.1) is 13.8 Å². The van der Waals surface area contributed by atoms with Crippen molar-refractivity contribution in [1.82, 2.24) is 10.2 Å². The summed E-state index contributed by atoms with van der Waals surface area (Å²) in [6, 6.07) is 10.7. The monoisotopic (exact) mass is 377 g/mol. The molecule has 0 aliphatic carbocycles. The number of imide groups is 1. The Morgan fingerprint density at radius 3 is 2.54 bits per heavy atom. The van der Waals surface area contributed by atoms with Crippen LogP contribution in [0.1, 0.15) is 49.1 Å². The second kappa shape index (κ2) is 6.87. The Bertz CT molecular complexity index is 999. The molecule has 2 aromatic carbocycles. The second-order valence-electron chi connectivity index (χ2n) is 7.60. The number of nitrogens with zero attached hydrogens (tertiary/aromatic N) is 2. The maximum Gasteiger partial charge on any atom is 0.266 e. The number of hydrogen-bond acceptors (Lipinski definition) is 4. The van der Waals surface area contributed by atoms with Crippen molar-refractivity contribution in [1.29, 1.82) is 0 Å². The Morgan fingerprint density at radius 1 is 1.04 bits per heavy atom. The van der Waals surface area contributed by atoms with Gasteiger partial charge >= 0.3 is 0 Å². The third kappa shape index (κ3) is 2.99. The van der Waals surface area contributed by atoms with Crippen LogP contribution in [0.15, 0.2) is 36.4 Å². The molecule has 0 aromatic heterocycles.